The fourth-order valence-corrected chi connectivity index (χ4v) is 2.17. The van der Waals surface area contributed by atoms with Crippen LogP contribution >= 0.6 is 0 Å². The molecule has 0 aliphatic carbocycles. The van der Waals surface area contributed by atoms with Crippen LogP contribution in [0, 0.1) is 0 Å². The Hall–Kier alpha value is -1.75. The molecule has 0 bridgehead atoms. The number of rotatable bonds is 6. The highest BCUT2D eigenvalue weighted by molar-refractivity contribution is 5.78. The summed E-state index contributed by atoms with van der Waals surface area (Å²) in [5.74, 6) is 1.35. The summed E-state index contributed by atoms with van der Waals surface area (Å²) in [5.41, 5.74) is 0.919. The number of fused-ring (bicyclic) bond motifs is 1. The third-order valence-corrected chi connectivity index (χ3v) is 3.85. The lowest BCUT2D eigenvalue weighted by atomic mass is 10.0. The second kappa shape index (κ2) is 6.35. The van der Waals surface area contributed by atoms with Crippen LogP contribution in [0.5, 0.6) is 11.5 Å². The van der Waals surface area contributed by atoms with Crippen molar-refractivity contribution in [2.24, 2.45) is 0 Å². The largest absolute Gasteiger partial charge is 0.491 e. The van der Waals surface area contributed by atoms with Gasteiger partial charge in [0.2, 0.25) is 0 Å². The van der Waals surface area contributed by atoms with Crippen LogP contribution in [0.3, 0.4) is 0 Å². The molecule has 0 fully saturated rings. The molecule has 1 aliphatic heterocycles. The summed E-state index contributed by atoms with van der Waals surface area (Å²) in [5, 5.41) is 6.13. The van der Waals surface area contributed by atoms with Crippen LogP contribution in [0.25, 0.3) is 0 Å². The fraction of sp³-hybridized carbons (Fsp3) is 0.562. The maximum Gasteiger partial charge on any atom is 0.258 e. The average molecular weight is 292 g/mol. The van der Waals surface area contributed by atoms with Crippen molar-refractivity contribution in [3.8, 4) is 11.5 Å². The van der Waals surface area contributed by atoms with Gasteiger partial charge in [-0.2, -0.15) is 0 Å². The third kappa shape index (κ3) is 3.88. The molecule has 1 amide bonds. The van der Waals surface area contributed by atoms with Crippen molar-refractivity contribution in [1.29, 1.82) is 0 Å². The van der Waals surface area contributed by atoms with E-state index in [9.17, 15) is 4.79 Å². The summed E-state index contributed by atoms with van der Waals surface area (Å²) in [6.45, 7) is 6.66. The molecule has 21 heavy (non-hydrogen) atoms. The molecule has 1 aromatic rings. The SMILES string of the molecule is CCC(C)(C)NC(=O)COc1ccc2c(c1)OCC2NC. The van der Waals surface area contributed by atoms with Gasteiger partial charge in [-0.3, -0.25) is 4.79 Å². The first kappa shape index (κ1) is 15.6. The zero-order valence-electron chi connectivity index (χ0n) is 13.2. The molecule has 1 aromatic carbocycles. The molecule has 5 nitrogen and oxygen atoms in total. The normalized spacial score (nSPS) is 17.0. The van der Waals surface area contributed by atoms with Crippen LogP contribution in [0.15, 0.2) is 18.2 Å². The van der Waals surface area contributed by atoms with Crippen LogP contribution < -0.4 is 20.1 Å². The van der Waals surface area contributed by atoms with Crippen molar-refractivity contribution in [1.82, 2.24) is 10.6 Å². The predicted molar refractivity (Wildman–Crippen MR) is 81.7 cm³/mol. The summed E-state index contributed by atoms with van der Waals surface area (Å²) in [6, 6.07) is 5.91. The number of carbonyl (C=O) groups is 1. The van der Waals surface area contributed by atoms with E-state index in [4.69, 9.17) is 9.47 Å². The fourth-order valence-electron chi connectivity index (χ4n) is 2.17. The number of amides is 1. The number of benzene rings is 1. The van der Waals surface area contributed by atoms with Gasteiger partial charge in [-0.25, -0.2) is 0 Å². The predicted octanol–water partition coefficient (Wildman–Crippen LogP) is 2.02. The highest BCUT2D eigenvalue weighted by Gasteiger charge is 2.23. The Balaban J connectivity index is 1.92. The van der Waals surface area contributed by atoms with Crippen LogP contribution in [0.2, 0.25) is 0 Å². The average Bonchev–Trinajstić information content (AvgIpc) is 2.87. The number of nitrogens with one attached hydrogen (secondary N) is 2. The van der Waals surface area contributed by atoms with Crippen molar-refractivity contribution in [2.75, 3.05) is 20.3 Å². The van der Waals surface area contributed by atoms with E-state index < -0.39 is 0 Å². The van der Waals surface area contributed by atoms with E-state index in [1.54, 1.807) is 0 Å². The maximum absolute atomic E-state index is 11.8. The van der Waals surface area contributed by atoms with Gasteiger partial charge in [-0.15, -0.1) is 0 Å². The molecule has 0 aromatic heterocycles. The topological polar surface area (TPSA) is 59.6 Å². The third-order valence-electron chi connectivity index (χ3n) is 3.85. The Kier molecular flexibility index (Phi) is 4.73. The lowest BCUT2D eigenvalue weighted by molar-refractivity contribution is -0.124. The van der Waals surface area contributed by atoms with E-state index in [1.165, 1.54) is 0 Å². The molecular weight excluding hydrogens is 268 g/mol. The molecule has 0 saturated heterocycles. The van der Waals surface area contributed by atoms with Crippen molar-refractivity contribution < 1.29 is 14.3 Å². The molecule has 1 atom stereocenters. The van der Waals surface area contributed by atoms with Crippen LogP contribution in [-0.4, -0.2) is 31.7 Å². The minimum Gasteiger partial charge on any atom is -0.491 e. The van der Waals surface area contributed by atoms with Crippen LogP contribution in [-0.2, 0) is 4.79 Å². The molecule has 0 spiro atoms. The highest BCUT2D eigenvalue weighted by atomic mass is 16.5. The van der Waals surface area contributed by atoms with Gasteiger partial charge in [-0.05, 0) is 39.4 Å². The lowest BCUT2D eigenvalue weighted by Gasteiger charge is -2.24. The smallest absolute Gasteiger partial charge is 0.258 e. The Morgan fingerprint density at radius 1 is 1.48 bits per heavy atom. The van der Waals surface area contributed by atoms with Gasteiger partial charge in [0, 0.05) is 17.2 Å². The van der Waals surface area contributed by atoms with Gasteiger partial charge < -0.3 is 20.1 Å². The van der Waals surface area contributed by atoms with Crippen molar-refractivity contribution in [3.63, 3.8) is 0 Å². The minimum absolute atomic E-state index is 0.0116. The van der Waals surface area contributed by atoms with E-state index >= 15 is 0 Å². The summed E-state index contributed by atoms with van der Waals surface area (Å²) < 4.78 is 11.1. The van der Waals surface area contributed by atoms with E-state index in [-0.39, 0.29) is 24.1 Å². The van der Waals surface area contributed by atoms with Crippen molar-refractivity contribution in [2.45, 2.75) is 38.8 Å². The Labute approximate surface area is 126 Å². The molecule has 1 heterocycles. The van der Waals surface area contributed by atoms with Gasteiger partial charge in [0.25, 0.3) is 5.91 Å². The molecule has 1 aliphatic rings. The maximum atomic E-state index is 11.8. The molecular formula is C16H24N2O3. The summed E-state index contributed by atoms with van der Waals surface area (Å²) in [7, 11) is 1.91. The zero-order chi connectivity index (χ0) is 15.5. The van der Waals surface area contributed by atoms with E-state index in [1.807, 2.05) is 46.0 Å². The molecule has 0 radical (unpaired) electrons. The van der Waals surface area contributed by atoms with Gasteiger partial charge in [0.15, 0.2) is 6.61 Å². The van der Waals surface area contributed by atoms with Crippen molar-refractivity contribution in [3.05, 3.63) is 23.8 Å². The van der Waals surface area contributed by atoms with Gasteiger partial charge in [-0.1, -0.05) is 6.92 Å². The standard InChI is InChI=1S/C16H24N2O3/c1-5-16(2,3)18-15(19)10-20-11-6-7-12-13(17-4)9-21-14(12)8-11/h6-8,13,17H,5,9-10H2,1-4H3,(H,18,19). The van der Waals surface area contributed by atoms with Crippen LogP contribution in [0.1, 0.15) is 38.8 Å². The zero-order valence-corrected chi connectivity index (χ0v) is 13.2. The first-order valence-electron chi connectivity index (χ1n) is 7.33. The quantitative estimate of drug-likeness (QED) is 0.842. The van der Waals surface area contributed by atoms with Gasteiger partial charge >= 0.3 is 0 Å². The number of likely N-dealkylation sites (N-methyl/N-ethyl adjacent to an activating group) is 1. The Bertz CT molecular complexity index is 514. The first-order chi connectivity index (χ1) is 9.95. The van der Waals surface area contributed by atoms with E-state index in [2.05, 4.69) is 10.6 Å². The number of hydrogen-bond acceptors (Lipinski definition) is 4. The Morgan fingerprint density at radius 3 is 2.90 bits per heavy atom. The van der Waals surface area contributed by atoms with Crippen molar-refractivity contribution >= 4 is 5.91 Å². The van der Waals surface area contributed by atoms with E-state index in [0.717, 1.165) is 17.7 Å². The number of carbonyl (C=O) groups excluding carboxylic acids is 1. The van der Waals surface area contributed by atoms with Gasteiger partial charge in [0.1, 0.15) is 18.1 Å². The summed E-state index contributed by atoms with van der Waals surface area (Å²) in [4.78, 5) is 11.8. The lowest BCUT2D eigenvalue weighted by Crippen LogP contribution is -2.44. The molecule has 116 valence electrons. The molecule has 0 saturated carbocycles. The minimum atomic E-state index is -0.207. The van der Waals surface area contributed by atoms with E-state index in [0.29, 0.717) is 12.4 Å². The summed E-state index contributed by atoms with van der Waals surface area (Å²) in [6.07, 6.45) is 0.872. The highest BCUT2D eigenvalue weighted by Crippen LogP contribution is 2.34. The summed E-state index contributed by atoms with van der Waals surface area (Å²) >= 11 is 0. The number of hydrogen-bond donors (Lipinski definition) is 2. The molecule has 5 heteroatoms. The number of ether oxygens (including phenoxy) is 2. The molecule has 1 unspecified atom stereocenters. The first-order valence-corrected chi connectivity index (χ1v) is 7.33. The Morgan fingerprint density at radius 2 is 2.24 bits per heavy atom. The monoisotopic (exact) mass is 292 g/mol. The van der Waals surface area contributed by atoms with Crippen LogP contribution in [0.4, 0.5) is 0 Å². The second-order valence-electron chi connectivity index (χ2n) is 5.93. The van der Waals surface area contributed by atoms with Gasteiger partial charge in [0.05, 0.1) is 6.04 Å². The molecule has 2 rings (SSSR count). The second-order valence-corrected chi connectivity index (χ2v) is 5.93. The molecule has 2 N–H and O–H groups in total.